The molecule has 0 saturated heterocycles. The van der Waals surface area contributed by atoms with Gasteiger partial charge in [0.25, 0.3) is 5.91 Å². The van der Waals surface area contributed by atoms with Crippen LogP contribution in [-0.4, -0.2) is 27.7 Å². The SMILES string of the molecule is COc1ccccc1C(C)NC(=O)c1cccc(NS(C)(=O)=O)c1. The molecular formula is C17H20N2O4S. The summed E-state index contributed by atoms with van der Waals surface area (Å²) >= 11 is 0. The van der Waals surface area contributed by atoms with E-state index in [0.29, 0.717) is 17.0 Å². The van der Waals surface area contributed by atoms with Gasteiger partial charge in [0.05, 0.1) is 19.4 Å². The lowest BCUT2D eigenvalue weighted by atomic mass is 10.1. The van der Waals surface area contributed by atoms with Crippen LogP contribution in [0.2, 0.25) is 0 Å². The van der Waals surface area contributed by atoms with Crippen LogP contribution in [0.3, 0.4) is 0 Å². The Hall–Kier alpha value is -2.54. The molecular weight excluding hydrogens is 328 g/mol. The smallest absolute Gasteiger partial charge is 0.251 e. The van der Waals surface area contributed by atoms with Gasteiger partial charge in [-0.15, -0.1) is 0 Å². The first-order chi connectivity index (χ1) is 11.3. The zero-order valence-electron chi connectivity index (χ0n) is 13.7. The Morgan fingerprint density at radius 1 is 1.12 bits per heavy atom. The second kappa shape index (κ2) is 7.35. The molecule has 0 aliphatic rings. The Bertz CT molecular complexity index is 834. The van der Waals surface area contributed by atoms with Gasteiger partial charge in [0, 0.05) is 16.8 Å². The fourth-order valence-electron chi connectivity index (χ4n) is 2.32. The van der Waals surface area contributed by atoms with Crippen molar-refractivity contribution in [1.82, 2.24) is 5.32 Å². The molecule has 2 N–H and O–H groups in total. The van der Waals surface area contributed by atoms with Crippen LogP contribution in [0, 0.1) is 0 Å². The van der Waals surface area contributed by atoms with E-state index in [1.54, 1.807) is 25.3 Å². The van der Waals surface area contributed by atoms with E-state index < -0.39 is 10.0 Å². The molecule has 0 fully saturated rings. The molecule has 0 aliphatic heterocycles. The first-order valence-electron chi connectivity index (χ1n) is 7.32. The lowest BCUT2D eigenvalue weighted by Gasteiger charge is -2.17. The highest BCUT2D eigenvalue weighted by atomic mass is 32.2. The van der Waals surface area contributed by atoms with Gasteiger partial charge in [0.15, 0.2) is 0 Å². The van der Waals surface area contributed by atoms with Crippen molar-refractivity contribution in [2.24, 2.45) is 0 Å². The molecule has 1 unspecified atom stereocenters. The van der Waals surface area contributed by atoms with Crippen LogP contribution in [0.1, 0.15) is 28.9 Å². The maximum absolute atomic E-state index is 12.4. The molecule has 0 saturated carbocycles. The number of ether oxygens (including phenoxy) is 1. The van der Waals surface area contributed by atoms with Gasteiger partial charge in [-0.05, 0) is 31.2 Å². The maximum atomic E-state index is 12.4. The zero-order valence-corrected chi connectivity index (χ0v) is 14.6. The van der Waals surface area contributed by atoms with Crippen LogP contribution in [0.25, 0.3) is 0 Å². The monoisotopic (exact) mass is 348 g/mol. The van der Waals surface area contributed by atoms with Crippen molar-refractivity contribution in [1.29, 1.82) is 0 Å². The largest absolute Gasteiger partial charge is 0.496 e. The standard InChI is InChI=1S/C17H20N2O4S/c1-12(15-9-4-5-10-16(15)23-2)18-17(20)13-7-6-8-14(11-13)19-24(3,21)22/h4-12,19H,1-3H3,(H,18,20). The Morgan fingerprint density at radius 3 is 2.50 bits per heavy atom. The van der Waals surface area contributed by atoms with Gasteiger partial charge in [0.2, 0.25) is 10.0 Å². The number of para-hydroxylation sites is 1. The van der Waals surface area contributed by atoms with Crippen LogP contribution in [0.15, 0.2) is 48.5 Å². The molecule has 0 bridgehead atoms. The van der Waals surface area contributed by atoms with Gasteiger partial charge in [-0.25, -0.2) is 8.42 Å². The number of carbonyl (C=O) groups excluding carboxylic acids is 1. The number of hydrogen-bond acceptors (Lipinski definition) is 4. The van der Waals surface area contributed by atoms with E-state index in [1.165, 1.54) is 6.07 Å². The Morgan fingerprint density at radius 2 is 1.83 bits per heavy atom. The normalized spacial score (nSPS) is 12.3. The Kier molecular flexibility index (Phi) is 5.46. The van der Waals surface area contributed by atoms with Crippen molar-refractivity contribution in [3.8, 4) is 5.75 Å². The summed E-state index contributed by atoms with van der Waals surface area (Å²) < 4.78 is 30.2. The number of rotatable bonds is 6. The van der Waals surface area contributed by atoms with E-state index in [1.807, 2.05) is 31.2 Å². The summed E-state index contributed by atoms with van der Waals surface area (Å²) in [5.74, 6) is 0.392. The first-order valence-corrected chi connectivity index (χ1v) is 9.21. The predicted molar refractivity (Wildman–Crippen MR) is 93.8 cm³/mol. The quantitative estimate of drug-likeness (QED) is 0.840. The van der Waals surface area contributed by atoms with Crippen molar-refractivity contribution < 1.29 is 17.9 Å². The number of methoxy groups -OCH3 is 1. The van der Waals surface area contributed by atoms with Crippen molar-refractivity contribution in [3.63, 3.8) is 0 Å². The summed E-state index contributed by atoms with van der Waals surface area (Å²) in [5, 5.41) is 2.88. The molecule has 0 radical (unpaired) electrons. The summed E-state index contributed by atoms with van der Waals surface area (Å²) in [5.41, 5.74) is 1.57. The number of nitrogens with one attached hydrogen (secondary N) is 2. The van der Waals surface area contributed by atoms with Crippen LogP contribution in [0.5, 0.6) is 5.75 Å². The molecule has 2 aromatic rings. The van der Waals surface area contributed by atoms with E-state index in [-0.39, 0.29) is 11.9 Å². The predicted octanol–water partition coefficient (Wildman–Crippen LogP) is 2.56. The van der Waals surface area contributed by atoms with Gasteiger partial charge in [-0.1, -0.05) is 24.3 Å². The van der Waals surface area contributed by atoms with E-state index in [2.05, 4.69) is 10.0 Å². The molecule has 128 valence electrons. The summed E-state index contributed by atoms with van der Waals surface area (Å²) in [6.07, 6.45) is 1.06. The molecule has 24 heavy (non-hydrogen) atoms. The van der Waals surface area contributed by atoms with Gasteiger partial charge in [-0.3, -0.25) is 9.52 Å². The molecule has 0 aliphatic carbocycles. The van der Waals surface area contributed by atoms with Crippen LogP contribution in [-0.2, 0) is 10.0 Å². The highest BCUT2D eigenvalue weighted by Gasteiger charge is 2.15. The average molecular weight is 348 g/mol. The van der Waals surface area contributed by atoms with Crippen molar-refractivity contribution >= 4 is 21.6 Å². The minimum Gasteiger partial charge on any atom is -0.496 e. The molecule has 2 rings (SSSR count). The van der Waals surface area contributed by atoms with Gasteiger partial charge >= 0.3 is 0 Å². The fourth-order valence-corrected chi connectivity index (χ4v) is 2.87. The molecule has 0 heterocycles. The fraction of sp³-hybridized carbons (Fsp3) is 0.235. The molecule has 0 spiro atoms. The van der Waals surface area contributed by atoms with Gasteiger partial charge < -0.3 is 10.1 Å². The summed E-state index contributed by atoms with van der Waals surface area (Å²) in [6, 6.07) is 13.5. The third-order valence-corrected chi connectivity index (χ3v) is 3.99. The maximum Gasteiger partial charge on any atom is 0.251 e. The van der Waals surface area contributed by atoms with Crippen LogP contribution < -0.4 is 14.8 Å². The molecule has 2 aromatic carbocycles. The first kappa shape index (κ1) is 17.8. The van der Waals surface area contributed by atoms with Crippen LogP contribution >= 0.6 is 0 Å². The number of hydrogen-bond donors (Lipinski definition) is 2. The lowest BCUT2D eigenvalue weighted by Crippen LogP contribution is -2.27. The van der Waals surface area contributed by atoms with E-state index >= 15 is 0 Å². The summed E-state index contributed by atoms with van der Waals surface area (Å²) in [4.78, 5) is 12.4. The molecule has 7 heteroatoms. The molecule has 1 amide bonds. The number of amides is 1. The second-order valence-corrected chi connectivity index (χ2v) is 7.14. The Labute approximate surface area is 141 Å². The minimum absolute atomic E-state index is 0.264. The van der Waals surface area contributed by atoms with E-state index in [9.17, 15) is 13.2 Å². The van der Waals surface area contributed by atoms with Crippen molar-refractivity contribution in [2.75, 3.05) is 18.1 Å². The second-order valence-electron chi connectivity index (χ2n) is 5.39. The van der Waals surface area contributed by atoms with Gasteiger partial charge in [0.1, 0.15) is 5.75 Å². The minimum atomic E-state index is -3.39. The number of anilines is 1. The zero-order chi connectivity index (χ0) is 17.7. The molecule has 0 aromatic heterocycles. The van der Waals surface area contributed by atoms with E-state index in [4.69, 9.17) is 4.74 Å². The van der Waals surface area contributed by atoms with Crippen molar-refractivity contribution in [3.05, 3.63) is 59.7 Å². The highest BCUT2D eigenvalue weighted by molar-refractivity contribution is 7.92. The highest BCUT2D eigenvalue weighted by Crippen LogP contribution is 2.24. The van der Waals surface area contributed by atoms with Gasteiger partial charge in [-0.2, -0.15) is 0 Å². The van der Waals surface area contributed by atoms with E-state index in [0.717, 1.165) is 11.8 Å². The average Bonchev–Trinajstić information content (AvgIpc) is 2.53. The summed E-state index contributed by atoms with van der Waals surface area (Å²) in [6.45, 7) is 1.86. The third-order valence-electron chi connectivity index (χ3n) is 3.38. The number of sulfonamides is 1. The number of benzene rings is 2. The van der Waals surface area contributed by atoms with Crippen LogP contribution in [0.4, 0.5) is 5.69 Å². The topological polar surface area (TPSA) is 84.5 Å². The molecule has 6 nitrogen and oxygen atoms in total. The number of carbonyl (C=O) groups is 1. The van der Waals surface area contributed by atoms with Crippen molar-refractivity contribution in [2.45, 2.75) is 13.0 Å². The third kappa shape index (κ3) is 4.73. The summed E-state index contributed by atoms with van der Waals surface area (Å²) in [7, 11) is -1.82. The lowest BCUT2D eigenvalue weighted by molar-refractivity contribution is 0.0939. The molecule has 1 atom stereocenters. The Balaban J connectivity index is 2.16.